The molecule has 0 aliphatic carbocycles. The second-order valence-electron chi connectivity index (χ2n) is 5.51. The van der Waals surface area contributed by atoms with Crippen LogP contribution in [0.3, 0.4) is 0 Å². The van der Waals surface area contributed by atoms with Crippen LogP contribution in [0.1, 0.15) is 20.7 Å². The molecule has 3 rings (SSSR count). The number of hydrogen-bond acceptors (Lipinski definition) is 3. The summed E-state index contributed by atoms with van der Waals surface area (Å²) in [5.41, 5.74) is 0.276. The van der Waals surface area contributed by atoms with Crippen molar-refractivity contribution in [2.75, 3.05) is 5.32 Å². The van der Waals surface area contributed by atoms with Crippen molar-refractivity contribution >= 4 is 52.5 Å². The minimum Gasteiger partial charge on any atom is -0.478 e. The van der Waals surface area contributed by atoms with Gasteiger partial charge in [0.15, 0.2) is 0 Å². The van der Waals surface area contributed by atoms with Crippen LogP contribution in [0.4, 0.5) is 5.69 Å². The first kappa shape index (κ1) is 19.3. The highest BCUT2D eigenvalue weighted by Gasteiger charge is 2.19. The van der Waals surface area contributed by atoms with Gasteiger partial charge in [-0.3, -0.25) is 4.79 Å². The molecule has 0 aromatic heterocycles. The number of carbonyl (C=O) groups excluding carboxylic acids is 1. The van der Waals surface area contributed by atoms with Gasteiger partial charge in [0, 0.05) is 15.5 Å². The zero-order valence-electron chi connectivity index (χ0n) is 13.8. The van der Waals surface area contributed by atoms with Gasteiger partial charge in [0.1, 0.15) is 0 Å². The summed E-state index contributed by atoms with van der Waals surface area (Å²) < 4.78 is 0. The van der Waals surface area contributed by atoms with Gasteiger partial charge >= 0.3 is 5.97 Å². The van der Waals surface area contributed by atoms with Gasteiger partial charge in [0.25, 0.3) is 5.91 Å². The van der Waals surface area contributed by atoms with Crippen molar-refractivity contribution in [3.05, 3.63) is 87.9 Å². The molecule has 2 N–H and O–H groups in total. The van der Waals surface area contributed by atoms with E-state index in [1.807, 2.05) is 42.5 Å². The molecule has 0 aliphatic heterocycles. The maximum absolute atomic E-state index is 12.5. The summed E-state index contributed by atoms with van der Waals surface area (Å²) in [6, 6.07) is 19.6. The quantitative estimate of drug-likeness (QED) is 0.526. The number of rotatable bonds is 5. The van der Waals surface area contributed by atoms with E-state index in [-0.39, 0.29) is 21.2 Å². The summed E-state index contributed by atoms with van der Waals surface area (Å²) in [6.07, 6.45) is 0. The van der Waals surface area contributed by atoms with Gasteiger partial charge in [0.2, 0.25) is 0 Å². The lowest BCUT2D eigenvalue weighted by Gasteiger charge is -2.10. The van der Waals surface area contributed by atoms with E-state index >= 15 is 0 Å². The minimum atomic E-state index is -1.26. The first-order valence-electron chi connectivity index (χ1n) is 7.80. The molecule has 7 heteroatoms. The molecular weight excluding hydrogens is 405 g/mol. The second kappa shape index (κ2) is 8.48. The molecule has 0 heterocycles. The Morgan fingerprint density at radius 3 is 1.96 bits per heavy atom. The lowest BCUT2D eigenvalue weighted by Crippen LogP contribution is -2.16. The fourth-order valence-electron chi connectivity index (χ4n) is 2.34. The Kier molecular flexibility index (Phi) is 6.06. The highest BCUT2D eigenvalue weighted by Crippen LogP contribution is 2.29. The van der Waals surface area contributed by atoms with Crippen molar-refractivity contribution < 1.29 is 14.7 Å². The van der Waals surface area contributed by atoms with E-state index in [4.69, 9.17) is 23.2 Å². The smallest absolute Gasteiger partial charge is 0.336 e. The predicted octanol–water partition coefficient (Wildman–Crippen LogP) is 6.10. The Morgan fingerprint density at radius 2 is 1.37 bits per heavy atom. The molecule has 0 aliphatic rings. The summed E-state index contributed by atoms with van der Waals surface area (Å²) in [7, 11) is 0. The third-order valence-electron chi connectivity index (χ3n) is 3.63. The highest BCUT2D eigenvalue weighted by atomic mass is 35.5. The first-order chi connectivity index (χ1) is 12.9. The molecule has 4 nitrogen and oxygen atoms in total. The number of carboxylic acid groups (broad SMARTS) is 1. The van der Waals surface area contributed by atoms with Crippen LogP contribution in [0.2, 0.25) is 10.0 Å². The Morgan fingerprint density at radius 1 is 0.815 bits per heavy atom. The average Bonchev–Trinajstić information content (AvgIpc) is 2.66. The van der Waals surface area contributed by atoms with E-state index in [1.165, 1.54) is 12.1 Å². The lowest BCUT2D eigenvalue weighted by molar-refractivity contribution is 0.0692. The largest absolute Gasteiger partial charge is 0.478 e. The van der Waals surface area contributed by atoms with Crippen LogP contribution in [-0.4, -0.2) is 17.0 Å². The van der Waals surface area contributed by atoms with Gasteiger partial charge in [-0.2, -0.15) is 0 Å². The second-order valence-corrected chi connectivity index (χ2v) is 7.47. The number of hydrogen-bond donors (Lipinski definition) is 2. The van der Waals surface area contributed by atoms with Gasteiger partial charge in [-0.15, -0.1) is 0 Å². The molecule has 0 unspecified atom stereocenters. The molecule has 0 spiro atoms. The zero-order valence-corrected chi connectivity index (χ0v) is 16.1. The number of carboxylic acids is 1. The van der Waals surface area contributed by atoms with E-state index in [0.717, 1.165) is 9.79 Å². The number of amides is 1. The molecule has 136 valence electrons. The van der Waals surface area contributed by atoms with Crippen molar-refractivity contribution in [1.29, 1.82) is 0 Å². The predicted molar refractivity (Wildman–Crippen MR) is 108 cm³/mol. The van der Waals surface area contributed by atoms with Crippen LogP contribution >= 0.6 is 35.0 Å². The molecule has 0 saturated heterocycles. The summed E-state index contributed by atoms with van der Waals surface area (Å²) in [6.45, 7) is 0. The number of nitrogens with one attached hydrogen (secondary N) is 1. The number of aromatic carboxylic acids is 1. The van der Waals surface area contributed by atoms with Crippen molar-refractivity contribution in [2.45, 2.75) is 9.79 Å². The zero-order chi connectivity index (χ0) is 19.4. The third-order valence-corrected chi connectivity index (χ3v) is 5.36. The van der Waals surface area contributed by atoms with Crippen LogP contribution < -0.4 is 5.32 Å². The van der Waals surface area contributed by atoms with Gasteiger partial charge in [0.05, 0.1) is 21.2 Å². The van der Waals surface area contributed by atoms with E-state index in [2.05, 4.69) is 5.32 Å². The fourth-order valence-corrected chi connectivity index (χ4v) is 3.51. The van der Waals surface area contributed by atoms with Gasteiger partial charge in [-0.25, -0.2) is 4.79 Å². The Bertz CT molecular complexity index is 992. The molecule has 0 fully saturated rings. The van der Waals surface area contributed by atoms with Crippen LogP contribution in [0.5, 0.6) is 0 Å². The highest BCUT2D eigenvalue weighted by molar-refractivity contribution is 7.99. The van der Waals surface area contributed by atoms with Crippen molar-refractivity contribution in [3.8, 4) is 0 Å². The van der Waals surface area contributed by atoms with E-state index < -0.39 is 11.9 Å². The molecule has 0 saturated carbocycles. The van der Waals surface area contributed by atoms with E-state index in [0.29, 0.717) is 5.69 Å². The normalized spacial score (nSPS) is 10.4. The molecule has 27 heavy (non-hydrogen) atoms. The third kappa shape index (κ3) is 4.83. The number of anilines is 1. The molecule has 3 aromatic carbocycles. The first-order valence-corrected chi connectivity index (χ1v) is 9.38. The average molecular weight is 418 g/mol. The number of carbonyl (C=O) groups is 2. The van der Waals surface area contributed by atoms with Gasteiger partial charge in [-0.05, 0) is 48.5 Å². The van der Waals surface area contributed by atoms with Crippen LogP contribution in [0.25, 0.3) is 0 Å². The number of benzene rings is 3. The molecule has 1 amide bonds. The number of halogens is 2. The fraction of sp³-hybridized carbons (Fsp3) is 0. The summed E-state index contributed by atoms with van der Waals surface area (Å²) in [5.74, 6) is -1.83. The SMILES string of the molecule is O=C(O)c1cc(Cl)c(Cl)cc1C(=O)Nc1ccc(Sc2ccccc2)cc1. The monoisotopic (exact) mass is 417 g/mol. The van der Waals surface area contributed by atoms with Gasteiger partial charge in [-0.1, -0.05) is 53.2 Å². The van der Waals surface area contributed by atoms with Crippen molar-refractivity contribution in [3.63, 3.8) is 0 Å². The maximum Gasteiger partial charge on any atom is 0.336 e. The molecule has 0 radical (unpaired) electrons. The molecule has 0 bridgehead atoms. The van der Waals surface area contributed by atoms with Crippen LogP contribution in [0, 0.1) is 0 Å². The summed E-state index contributed by atoms with van der Waals surface area (Å²) in [4.78, 5) is 26.0. The standard InChI is InChI=1S/C20H13Cl2NO3S/c21-17-10-15(16(20(25)26)11-18(17)22)19(24)23-12-6-8-14(9-7-12)27-13-4-2-1-3-5-13/h1-11H,(H,23,24)(H,25,26). The van der Waals surface area contributed by atoms with E-state index in [9.17, 15) is 14.7 Å². The minimum absolute atomic E-state index is 0.0559. The van der Waals surface area contributed by atoms with Gasteiger partial charge < -0.3 is 10.4 Å². The van der Waals surface area contributed by atoms with Crippen molar-refractivity contribution in [1.82, 2.24) is 0 Å². The van der Waals surface area contributed by atoms with Crippen LogP contribution in [0.15, 0.2) is 76.5 Å². The lowest BCUT2D eigenvalue weighted by atomic mass is 10.1. The summed E-state index contributed by atoms with van der Waals surface area (Å²) >= 11 is 13.4. The molecule has 3 aromatic rings. The Hall–Kier alpha value is -2.47. The van der Waals surface area contributed by atoms with Crippen LogP contribution in [-0.2, 0) is 0 Å². The molecule has 0 atom stereocenters. The Labute approximate surface area is 170 Å². The topological polar surface area (TPSA) is 66.4 Å². The Balaban J connectivity index is 1.77. The summed E-state index contributed by atoms with van der Waals surface area (Å²) in [5, 5.41) is 12.2. The maximum atomic E-state index is 12.5. The van der Waals surface area contributed by atoms with Crippen molar-refractivity contribution in [2.24, 2.45) is 0 Å². The molecular formula is C20H13Cl2NO3S. The van der Waals surface area contributed by atoms with E-state index in [1.54, 1.807) is 23.9 Å².